The van der Waals surface area contributed by atoms with Crippen molar-refractivity contribution in [2.75, 3.05) is 43.4 Å². The van der Waals surface area contributed by atoms with E-state index in [-0.39, 0.29) is 24.1 Å². The minimum absolute atomic E-state index is 0.0186. The third-order valence-electron chi connectivity index (χ3n) is 9.64. The molecule has 63 heavy (non-hydrogen) atoms. The molecule has 6 amide bonds. The number of carbonyl (C=O) groups excluding carboxylic acids is 4. The van der Waals surface area contributed by atoms with Crippen LogP contribution in [0.4, 0.5) is 31.4 Å². The highest BCUT2D eigenvalue weighted by Gasteiger charge is 2.24. The number of nitrogens with zero attached hydrogens (tertiary/aromatic N) is 3. The molecule has 1 atom stereocenters. The van der Waals surface area contributed by atoms with Gasteiger partial charge in [-0.15, -0.1) is 0 Å². The molecule has 6 rings (SSSR count). The molecule has 0 saturated carbocycles. The zero-order chi connectivity index (χ0) is 46.4. The van der Waals surface area contributed by atoms with Crippen molar-refractivity contribution in [2.45, 2.75) is 46.2 Å². The van der Waals surface area contributed by atoms with Crippen LogP contribution in [0.3, 0.4) is 0 Å². The number of aryl methyl sites for hydroxylation is 2. The Balaban J connectivity index is 0.000000232. The number of anilines is 3. The number of urea groups is 3. The number of hydroxylamine groups is 2. The zero-order valence-electron chi connectivity index (χ0n) is 37.5. The summed E-state index contributed by atoms with van der Waals surface area (Å²) in [7, 11) is 6.51. The first-order valence-electron chi connectivity index (χ1n) is 20.2. The highest BCUT2D eigenvalue weighted by atomic mass is 79.9. The topological polar surface area (TPSA) is 123 Å². The van der Waals surface area contributed by atoms with Crippen molar-refractivity contribution in [3.8, 4) is 0 Å². The number of rotatable bonds is 9. The summed E-state index contributed by atoms with van der Waals surface area (Å²) < 4.78 is 0.968. The van der Waals surface area contributed by atoms with Crippen LogP contribution in [0.2, 0.25) is 0 Å². The fourth-order valence-corrected chi connectivity index (χ4v) is 6.07. The normalized spacial score (nSPS) is 10.6. The second-order valence-electron chi connectivity index (χ2n) is 14.9. The first-order valence-corrected chi connectivity index (χ1v) is 21.0. The van der Waals surface area contributed by atoms with Gasteiger partial charge in [-0.2, -0.15) is 0 Å². The van der Waals surface area contributed by atoms with E-state index in [1.807, 2.05) is 167 Å². The zero-order valence-corrected chi connectivity index (χ0v) is 39.1. The average Bonchev–Trinajstić information content (AvgIpc) is 3.30. The first kappa shape index (κ1) is 50.6. The van der Waals surface area contributed by atoms with Crippen LogP contribution >= 0.6 is 15.9 Å². The van der Waals surface area contributed by atoms with Crippen LogP contribution in [0.25, 0.3) is 0 Å². The molecule has 0 aliphatic carbocycles. The minimum atomic E-state index is -0.415. The van der Waals surface area contributed by atoms with E-state index in [1.54, 1.807) is 42.1 Å². The number of benzene rings is 6. The average molecular weight is 916 g/mol. The Morgan fingerprint density at radius 2 is 1.16 bits per heavy atom. The number of nitrogens with one attached hydrogen (secondary N) is 3. The van der Waals surface area contributed by atoms with Crippen LogP contribution in [0.15, 0.2) is 168 Å². The van der Waals surface area contributed by atoms with Crippen molar-refractivity contribution in [2.24, 2.45) is 0 Å². The number of amides is 6. The van der Waals surface area contributed by atoms with Gasteiger partial charge in [0, 0.05) is 48.2 Å². The van der Waals surface area contributed by atoms with E-state index >= 15 is 0 Å². The first-order chi connectivity index (χ1) is 30.1. The largest absolute Gasteiger partial charge is 0.345 e. The Hall–Kier alpha value is -6.76. The Kier molecular flexibility index (Phi) is 20.8. The summed E-state index contributed by atoms with van der Waals surface area (Å²) in [6.07, 6.45) is 0.854. The van der Waals surface area contributed by atoms with E-state index in [0.29, 0.717) is 0 Å². The van der Waals surface area contributed by atoms with Crippen LogP contribution in [0.5, 0.6) is 0 Å². The molecule has 0 aliphatic heterocycles. The van der Waals surface area contributed by atoms with E-state index < -0.39 is 5.54 Å². The van der Waals surface area contributed by atoms with Gasteiger partial charge in [-0.25, -0.2) is 19.4 Å². The van der Waals surface area contributed by atoms with Gasteiger partial charge >= 0.3 is 18.1 Å². The lowest BCUT2D eigenvalue weighted by Gasteiger charge is -2.30. The third-order valence-corrected chi connectivity index (χ3v) is 10.2. The lowest BCUT2D eigenvalue weighted by molar-refractivity contribution is -0.0598. The van der Waals surface area contributed by atoms with Gasteiger partial charge in [-0.05, 0) is 106 Å². The summed E-state index contributed by atoms with van der Waals surface area (Å²) >= 11 is 3.31. The molecule has 11 nitrogen and oxygen atoms in total. The monoisotopic (exact) mass is 914 g/mol. The molecule has 0 spiro atoms. The van der Waals surface area contributed by atoms with E-state index in [9.17, 15) is 19.2 Å². The number of halogens is 1. The third kappa shape index (κ3) is 17.3. The smallest absolute Gasteiger partial charge is 0.331 e. The molecule has 330 valence electrons. The lowest BCUT2D eigenvalue weighted by Crippen LogP contribution is -2.47. The lowest BCUT2D eigenvalue weighted by atomic mass is 9.94. The molecule has 6 aromatic carbocycles. The van der Waals surface area contributed by atoms with Crippen LogP contribution in [0.1, 0.15) is 59.4 Å². The Morgan fingerprint density at radius 3 is 1.65 bits per heavy atom. The molecular weight excluding hydrogens is 857 g/mol. The maximum Gasteiger partial charge on any atom is 0.345 e. The number of para-hydroxylation sites is 2. The summed E-state index contributed by atoms with van der Waals surface area (Å²) in [4.78, 5) is 54.0. The van der Waals surface area contributed by atoms with Crippen molar-refractivity contribution in [3.05, 3.63) is 196 Å². The quantitative estimate of drug-likeness (QED) is 0.0984. The highest BCUT2D eigenvalue weighted by Crippen LogP contribution is 2.22. The number of hydrogen-bond acceptors (Lipinski definition) is 5. The van der Waals surface area contributed by atoms with Crippen LogP contribution in [-0.4, -0.2) is 57.7 Å². The highest BCUT2D eigenvalue weighted by molar-refractivity contribution is 9.10. The predicted octanol–water partition coefficient (Wildman–Crippen LogP) is 12.0. The van der Waals surface area contributed by atoms with Gasteiger partial charge in [0.15, 0.2) is 0 Å². The van der Waals surface area contributed by atoms with Gasteiger partial charge in [0.25, 0.3) is 0 Å². The molecule has 3 N–H and O–H groups in total. The molecule has 0 aromatic heterocycles. The molecule has 6 aromatic rings. The van der Waals surface area contributed by atoms with Crippen LogP contribution in [-0.2, 0) is 10.4 Å². The van der Waals surface area contributed by atoms with Crippen molar-refractivity contribution >= 4 is 57.4 Å². The van der Waals surface area contributed by atoms with Crippen molar-refractivity contribution in [1.29, 1.82) is 0 Å². The molecule has 0 fully saturated rings. The second kappa shape index (κ2) is 25.9. The molecule has 0 saturated heterocycles. The Labute approximate surface area is 381 Å². The minimum Gasteiger partial charge on any atom is -0.331 e. The van der Waals surface area contributed by atoms with Gasteiger partial charge in [0.2, 0.25) is 0 Å². The number of aldehydes is 1. The SMILES string of the molecule is CN(C(=O)NC(C)(C)c1ccccc1)c1ccccc1.CON(C)C(=O)Nc1ccc(Br)cc1.Cc1cccc(C=O)c1.Cc1ccccc1C(C)NC(=O)N(C)c1ccccc1. The molecule has 0 radical (unpaired) electrons. The summed E-state index contributed by atoms with van der Waals surface area (Å²) in [5.41, 5.74) is 7.33. The van der Waals surface area contributed by atoms with E-state index in [0.717, 1.165) is 55.1 Å². The summed E-state index contributed by atoms with van der Waals surface area (Å²) in [5, 5.41) is 9.85. The number of hydrogen-bond donors (Lipinski definition) is 3. The summed E-state index contributed by atoms with van der Waals surface area (Å²) in [5.74, 6) is 0. The number of carbonyl (C=O) groups is 4. The maximum absolute atomic E-state index is 12.3. The van der Waals surface area contributed by atoms with E-state index in [2.05, 4.69) is 44.9 Å². The van der Waals surface area contributed by atoms with Crippen LogP contribution < -0.4 is 25.8 Å². The van der Waals surface area contributed by atoms with Crippen LogP contribution in [0, 0.1) is 13.8 Å². The molecular formula is C51H59BrN6O5. The van der Waals surface area contributed by atoms with Crippen molar-refractivity contribution in [1.82, 2.24) is 15.7 Å². The fraction of sp³-hybridized carbons (Fsp3) is 0.216. The van der Waals surface area contributed by atoms with Gasteiger partial charge in [-0.3, -0.25) is 19.4 Å². The summed E-state index contributed by atoms with van der Waals surface area (Å²) in [6.45, 7) is 10.0. The second-order valence-corrected chi connectivity index (χ2v) is 15.8. The molecule has 1 unspecified atom stereocenters. The van der Waals surface area contributed by atoms with E-state index in [4.69, 9.17) is 4.84 Å². The van der Waals surface area contributed by atoms with Crippen molar-refractivity contribution in [3.63, 3.8) is 0 Å². The molecule has 0 aliphatic rings. The van der Waals surface area contributed by atoms with Gasteiger partial charge in [0.1, 0.15) is 6.29 Å². The Morgan fingerprint density at radius 1 is 0.651 bits per heavy atom. The van der Waals surface area contributed by atoms with Gasteiger partial charge in [-0.1, -0.05) is 131 Å². The fourth-order valence-electron chi connectivity index (χ4n) is 5.81. The molecule has 12 heteroatoms. The molecule has 0 heterocycles. The molecule has 0 bridgehead atoms. The van der Waals surface area contributed by atoms with Gasteiger partial charge < -0.3 is 16.0 Å². The standard InChI is InChI=1S/2C17H20N2O.C9H11BrN2O2.C8H8O/c1-17(2,14-10-6-4-7-11-14)18-16(20)19(3)15-12-8-5-9-13-15;1-13-9-7-8-12-16(13)14(2)18-17(20)19(3)15-10-5-4-6-11-15;1-12(14-2)9(13)11-8-5-3-7(10)4-6-8;1-7-3-2-4-8(5-7)6-9/h4-13H,1-3H3,(H,18,20);4-12,14H,1-3H3,(H,18,20);3-6H,1-2H3,(H,11,13);2-6H,1H3. The van der Waals surface area contributed by atoms with Gasteiger partial charge in [0.05, 0.1) is 18.7 Å². The Bertz CT molecular complexity index is 2310. The summed E-state index contributed by atoms with van der Waals surface area (Å²) in [6, 6.07) is 51.5. The van der Waals surface area contributed by atoms with E-state index in [1.165, 1.54) is 19.7 Å². The predicted molar refractivity (Wildman–Crippen MR) is 260 cm³/mol. The maximum atomic E-state index is 12.3. The van der Waals surface area contributed by atoms with Crippen molar-refractivity contribution < 1.29 is 24.0 Å².